The highest BCUT2D eigenvalue weighted by atomic mass is 19.1. The molecule has 1 rings (SSSR count). The Balaban J connectivity index is 0.000000561. The molecule has 0 radical (unpaired) electrons. The number of benzene rings is 1. The number of aliphatic hydroxyl groups is 1. The molecule has 1 N–H and O–H groups in total. The molecule has 0 heterocycles. The van der Waals surface area contributed by atoms with Gasteiger partial charge in [-0.2, -0.15) is 0 Å². The van der Waals surface area contributed by atoms with Gasteiger partial charge in [0.2, 0.25) is 0 Å². The fraction of sp³-hybridized carbons (Fsp3) is 0.400. The Hall–Kier alpha value is -0.890. The van der Waals surface area contributed by atoms with Gasteiger partial charge in [0, 0.05) is 0 Å². The summed E-state index contributed by atoms with van der Waals surface area (Å²) in [7, 11) is 0. The summed E-state index contributed by atoms with van der Waals surface area (Å²) in [6, 6.07) is 4.38. The molecule has 0 aromatic heterocycles. The average Bonchev–Trinajstić information content (AvgIpc) is 2.13. The summed E-state index contributed by atoms with van der Waals surface area (Å²) in [4.78, 5) is 0. The van der Waals surface area contributed by atoms with Gasteiger partial charge in [0.1, 0.15) is 5.82 Å². The third kappa shape index (κ3) is 3.01. The van der Waals surface area contributed by atoms with Crippen LogP contribution in [0.2, 0.25) is 0 Å². The number of rotatable bonds is 1. The van der Waals surface area contributed by atoms with E-state index in [1.54, 1.807) is 6.07 Å². The standard InChI is InChI=1S/C8H9FO.C2H6/c1-6-2-3-8(9)4-7(6)5-10;1-2/h2-4,10H,5H2,1H3;1-2H3. The highest BCUT2D eigenvalue weighted by molar-refractivity contribution is 5.25. The van der Waals surface area contributed by atoms with Crippen molar-refractivity contribution in [1.82, 2.24) is 0 Å². The normalized spacial score (nSPS) is 8.75. The van der Waals surface area contributed by atoms with Crippen molar-refractivity contribution in [3.63, 3.8) is 0 Å². The number of hydrogen-bond acceptors (Lipinski definition) is 1. The van der Waals surface area contributed by atoms with Crippen molar-refractivity contribution >= 4 is 0 Å². The van der Waals surface area contributed by atoms with Gasteiger partial charge < -0.3 is 5.11 Å². The lowest BCUT2D eigenvalue weighted by molar-refractivity contribution is 0.280. The van der Waals surface area contributed by atoms with Crippen molar-refractivity contribution in [3.8, 4) is 0 Å². The zero-order valence-corrected chi connectivity index (χ0v) is 7.76. The summed E-state index contributed by atoms with van der Waals surface area (Å²) in [5.41, 5.74) is 1.57. The van der Waals surface area contributed by atoms with E-state index in [1.807, 2.05) is 20.8 Å². The molecule has 0 spiro atoms. The first-order chi connectivity index (χ1) is 5.74. The molecule has 1 aromatic carbocycles. The minimum atomic E-state index is -0.297. The Morgan fingerprint density at radius 3 is 2.33 bits per heavy atom. The average molecular weight is 170 g/mol. The Morgan fingerprint density at radius 1 is 1.33 bits per heavy atom. The second-order valence-corrected chi connectivity index (χ2v) is 2.23. The summed E-state index contributed by atoms with van der Waals surface area (Å²) >= 11 is 0. The van der Waals surface area contributed by atoms with Crippen LogP contribution in [-0.2, 0) is 6.61 Å². The molecule has 0 fully saturated rings. The molecular formula is C10H15FO. The summed E-state index contributed by atoms with van der Waals surface area (Å²) in [5, 5.41) is 8.68. The molecule has 0 aliphatic rings. The smallest absolute Gasteiger partial charge is 0.123 e. The highest BCUT2D eigenvalue weighted by Crippen LogP contribution is 2.09. The lowest BCUT2D eigenvalue weighted by Crippen LogP contribution is -1.88. The first kappa shape index (κ1) is 11.1. The molecule has 0 aliphatic heterocycles. The molecule has 0 atom stereocenters. The Kier molecular flexibility index (Phi) is 5.30. The molecule has 0 aliphatic carbocycles. The van der Waals surface area contributed by atoms with Gasteiger partial charge in [-0.25, -0.2) is 4.39 Å². The van der Waals surface area contributed by atoms with Crippen LogP contribution >= 0.6 is 0 Å². The molecular weight excluding hydrogens is 155 g/mol. The van der Waals surface area contributed by atoms with Crippen molar-refractivity contribution in [2.75, 3.05) is 0 Å². The lowest BCUT2D eigenvalue weighted by Gasteiger charge is -1.99. The second-order valence-electron chi connectivity index (χ2n) is 2.23. The number of aliphatic hydroxyl groups excluding tert-OH is 1. The molecule has 0 amide bonds. The SMILES string of the molecule is CC.Cc1ccc(F)cc1CO. The van der Waals surface area contributed by atoms with Gasteiger partial charge in [-0.05, 0) is 30.2 Å². The monoisotopic (exact) mass is 170 g/mol. The van der Waals surface area contributed by atoms with E-state index >= 15 is 0 Å². The zero-order valence-electron chi connectivity index (χ0n) is 7.76. The Bertz CT molecular complexity index is 233. The maximum Gasteiger partial charge on any atom is 0.123 e. The van der Waals surface area contributed by atoms with Gasteiger partial charge in [-0.1, -0.05) is 19.9 Å². The van der Waals surface area contributed by atoms with Crippen molar-refractivity contribution in [2.45, 2.75) is 27.4 Å². The molecule has 0 bridgehead atoms. The van der Waals surface area contributed by atoms with Gasteiger partial charge in [-0.15, -0.1) is 0 Å². The van der Waals surface area contributed by atoms with Gasteiger partial charge in [0.15, 0.2) is 0 Å². The molecule has 1 aromatic rings. The van der Waals surface area contributed by atoms with Crippen LogP contribution in [0.4, 0.5) is 4.39 Å². The van der Waals surface area contributed by atoms with E-state index in [0.717, 1.165) is 5.56 Å². The maximum atomic E-state index is 12.4. The van der Waals surface area contributed by atoms with Crippen LogP contribution in [0.25, 0.3) is 0 Å². The van der Waals surface area contributed by atoms with E-state index in [4.69, 9.17) is 5.11 Å². The third-order valence-corrected chi connectivity index (χ3v) is 1.48. The number of hydrogen-bond donors (Lipinski definition) is 1. The van der Waals surface area contributed by atoms with Crippen molar-refractivity contribution in [2.24, 2.45) is 0 Å². The number of aryl methyl sites for hydroxylation is 1. The highest BCUT2D eigenvalue weighted by Gasteiger charge is 1.96. The third-order valence-electron chi connectivity index (χ3n) is 1.48. The van der Waals surface area contributed by atoms with Gasteiger partial charge in [0.05, 0.1) is 6.61 Å². The summed E-state index contributed by atoms with van der Waals surface area (Å²) < 4.78 is 12.4. The van der Waals surface area contributed by atoms with Crippen molar-refractivity contribution in [1.29, 1.82) is 0 Å². The number of halogens is 1. The Labute approximate surface area is 72.9 Å². The van der Waals surface area contributed by atoms with E-state index in [9.17, 15) is 4.39 Å². The van der Waals surface area contributed by atoms with E-state index in [-0.39, 0.29) is 12.4 Å². The molecule has 12 heavy (non-hydrogen) atoms. The summed E-state index contributed by atoms with van der Waals surface area (Å²) in [6.07, 6.45) is 0. The first-order valence-electron chi connectivity index (χ1n) is 4.10. The predicted octanol–water partition coefficient (Wildman–Crippen LogP) is 2.65. The van der Waals surface area contributed by atoms with E-state index in [2.05, 4.69) is 0 Å². The van der Waals surface area contributed by atoms with Gasteiger partial charge in [-0.3, -0.25) is 0 Å². The fourth-order valence-corrected chi connectivity index (χ4v) is 0.810. The minimum absolute atomic E-state index is 0.0937. The predicted molar refractivity (Wildman–Crippen MR) is 48.4 cm³/mol. The summed E-state index contributed by atoms with van der Waals surface area (Å²) in [5.74, 6) is -0.297. The quantitative estimate of drug-likeness (QED) is 0.687. The van der Waals surface area contributed by atoms with Crippen LogP contribution in [0, 0.1) is 12.7 Å². The van der Waals surface area contributed by atoms with Crippen LogP contribution in [-0.4, -0.2) is 5.11 Å². The zero-order chi connectivity index (χ0) is 9.56. The molecule has 0 saturated carbocycles. The van der Waals surface area contributed by atoms with Crippen molar-refractivity contribution in [3.05, 3.63) is 35.1 Å². The minimum Gasteiger partial charge on any atom is -0.392 e. The lowest BCUT2D eigenvalue weighted by atomic mass is 10.1. The largest absolute Gasteiger partial charge is 0.392 e. The van der Waals surface area contributed by atoms with Gasteiger partial charge >= 0.3 is 0 Å². The van der Waals surface area contributed by atoms with Crippen LogP contribution in [0.15, 0.2) is 18.2 Å². The second kappa shape index (κ2) is 5.72. The van der Waals surface area contributed by atoms with E-state index in [0.29, 0.717) is 5.56 Å². The van der Waals surface area contributed by atoms with E-state index in [1.165, 1.54) is 12.1 Å². The van der Waals surface area contributed by atoms with Crippen LogP contribution in [0.1, 0.15) is 25.0 Å². The van der Waals surface area contributed by atoms with Crippen LogP contribution in [0.3, 0.4) is 0 Å². The molecule has 68 valence electrons. The van der Waals surface area contributed by atoms with E-state index < -0.39 is 0 Å². The topological polar surface area (TPSA) is 20.2 Å². The van der Waals surface area contributed by atoms with Gasteiger partial charge in [0.25, 0.3) is 0 Å². The van der Waals surface area contributed by atoms with Crippen LogP contribution in [0.5, 0.6) is 0 Å². The fourth-order valence-electron chi connectivity index (χ4n) is 0.810. The summed E-state index contributed by atoms with van der Waals surface area (Å²) in [6.45, 7) is 5.74. The maximum absolute atomic E-state index is 12.4. The van der Waals surface area contributed by atoms with Crippen LogP contribution < -0.4 is 0 Å². The molecule has 0 unspecified atom stereocenters. The Morgan fingerprint density at radius 2 is 1.92 bits per heavy atom. The van der Waals surface area contributed by atoms with Crippen molar-refractivity contribution < 1.29 is 9.50 Å². The molecule has 2 heteroatoms. The first-order valence-corrected chi connectivity index (χ1v) is 4.10. The molecule has 0 saturated heterocycles. The molecule has 1 nitrogen and oxygen atoms in total.